The molecular weight excluding hydrogens is 304 g/mol. The highest BCUT2D eigenvalue weighted by Gasteiger charge is 2.29. The molecule has 5 heteroatoms. The second-order valence-corrected chi connectivity index (χ2v) is 6.80. The number of nitrogens with zero attached hydrogens (tertiary/aromatic N) is 1. The molecule has 2 rings (SSSR count). The number of rotatable bonds is 8. The van der Waals surface area contributed by atoms with Gasteiger partial charge in [0.25, 0.3) is 5.91 Å². The van der Waals surface area contributed by atoms with Crippen molar-refractivity contribution in [3.8, 4) is 0 Å². The molecule has 1 N–H and O–H groups in total. The van der Waals surface area contributed by atoms with Crippen molar-refractivity contribution in [2.45, 2.75) is 64.8 Å². The Morgan fingerprint density at radius 3 is 2.67 bits per heavy atom. The SMILES string of the molecule is CCCCCC[C@@H](C)NC(=O)C1CCN(C(=O)c2ccco2)CC1. The molecule has 24 heavy (non-hydrogen) atoms. The number of nitrogens with one attached hydrogen (secondary N) is 1. The molecule has 0 aliphatic carbocycles. The van der Waals surface area contributed by atoms with Gasteiger partial charge in [0.2, 0.25) is 5.91 Å². The van der Waals surface area contributed by atoms with Crippen molar-refractivity contribution in [2.24, 2.45) is 5.92 Å². The van der Waals surface area contributed by atoms with Crippen molar-refractivity contribution < 1.29 is 14.0 Å². The van der Waals surface area contributed by atoms with Gasteiger partial charge in [0.15, 0.2) is 5.76 Å². The van der Waals surface area contributed by atoms with Gasteiger partial charge in [-0.25, -0.2) is 0 Å². The monoisotopic (exact) mass is 334 g/mol. The third kappa shape index (κ3) is 5.39. The summed E-state index contributed by atoms with van der Waals surface area (Å²) >= 11 is 0. The Hall–Kier alpha value is -1.78. The van der Waals surface area contributed by atoms with Crippen LogP contribution in [0, 0.1) is 5.92 Å². The van der Waals surface area contributed by atoms with Crippen molar-refractivity contribution in [2.75, 3.05) is 13.1 Å². The molecule has 5 nitrogen and oxygen atoms in total. The van der Waals surface area contributed by atoms with Crippen LogP contribution in [0.15, 0.2) is 22.8 Å². The van der Waals surface area contributed by atoms with Gasteiger partial charge in [-0.2, -0.15) is 0 Å². The average Bonchev–Trinajstić information content (AvgIpc) is 3.13. The Morgan fingerprint density at radius 2 is 2.04 bits per heavy atom. The number of hydrogen-bond donors (Lipinski definition) is 1. The third-order valence-corrected chi connectivity index (χ3v) is 4.76. The molecule has 0 radical (unpaired) electrons. The number of piperidine rings is 1. The number of likely N-dealkylation sites (tertiary alicyclic amines) is 1. The summed E-state index contributed by atoms with van der Waals surface area (Å²) in [6, 6.07) is 3.63. The Morgan fingerprint density at radius 1 is 1.29 bits per heavy atom. The summed E-state index contributed by atoms with van der Waals surface area (Å²) in [5.41, 5.74) is 0. The molecule has 0 aromatic carbocycles. The fraction of sp³-hybridized carbons (Fsp3) is 0.684. The van der Waals surface area contributed by atoms with Gasteiger partial charge in [-0.15, -0.1) is 0 Å². The van der Waals surface area contributed by atoms with Gasteiger partial charge in [-0.3, -0.25) is 9.59 Å². The number of hydrogen-bond acceptors (Lipinski definition) is 3. The molecule has 1 saturated heterocycles. The van der Waals surface area contributed by atoms with Gasteiger partial charge in [0, 0.05) is 25.0 Å². The molecule has 2 heterocycles. The maximum Gasteiger partial charge on any atom is 0.289 e. The number of carbonyl (C=O) groups excluding carboxylic acids is 2. The minimum absolute atomic E-state index is 0.0174. The molecular formula is C19H30N2O3. The number of carbonyl (C=O) groups is 2. The molecule has 0 unspecified atom stereocenters. The maximum absolute atomic E-state index is 12.4. The Bertz CT molecular complexity index is 505. The van der Waals surface area contributed by atoms with Crippen LogP contribution in [-0.2, 0) is 4.79 Å². The lowest BCUT2D eigenvalue weighted by molar-refractivity contribution is -0.126. The molecule has 1 aliphatic heterocycles. The quantitative estimate of drug-likeness (QED) is 0.739. The summed E-state index contributed by atoms with van der Waals surface area (Å²) in [6.07, 6.45) is 8.91. The zero-order valence-corrected chi connectivity index (χ0v) is 14.9. The van der Waals surface area contributed by atoms with E-state index < -0.39 is 0 Å². The second-order valence-electron chi connectivity index (χ2n) is 6.80. The van der Waals surface area contributed by atoms with Crippen LogP contribution in [0.3, 0.4) is 0 Å². The van der Waals surface area contributed by atoms with Gasteiger partial charge < -0.3 is 14.6 Å². The summed E-state index contributed by atoms with van der Waals surface area (Å²) in [6.45, 7) is 5.51. The Labute approximate surface area is 144 Å². The van der Waals surface area contributed by atoms with Crippen LogP contribution in [-0.4, -0.2) is 35.8 Å². The van der Waals surface area contributed by atoms with Crippen molar-refractivity contribution in [3.63, 3.8) is 0 Å². The van der Waals surface area contributed by atoms with Crippen molar-refractivity contribution in [1.82, 2.24) is 10.2 Å². The van der Waals surface area contributed by atoms with Crippen molar-refractivity contribution in [3.05, 3.63) is 24.2 Å². The standard InChI is InChI=1S/C19H30N2O3/c1-3-4-5-6-8-15(2)20-18(22)16-10-12-21(13-11-16)19(23)17-9-7-14-24-17/h7,9,14-16H,3-6,8,10-13H2,1-2H3,(H,20,22)/t15-/m1/s1. The van der Waals surface area contributed by atoms with Crippen LogP contribution >= 0.6 is 0 Å². The zero-order valence-electron chi connectivity index (χ0n) is 14.9. The average molecular weight is 334 g/mol. The van der Waals surface area contributed by atoms with Crippen LogP contribution < -0.4 is 5.32 Å². The Kier molecular flexibility index (Phi) is 7.35. The first-order valence-corrected chi connectivity index (χ1v) is 9.25. The first-order valence-electron chi connectivity index (χ1n) is 9.25. The van der Waals surface area contributed by atoms with E-state index in [9.17, 15) is 9.59 Å². The van der Waals surface area contributed by atoms with E-state index in [2.05, 4.69) is 19.2 Å². The lowest BCUT2D eigenvalue weighted by Crippen LogP contribution is -2.44. The summed E-state index contributed by atoms with van der Waals surface area (Å²) < 4.78 is 5.16. The highest BCUT2D eigenvalue weighted by Crippen LogP contribution is 2.20. The smallest absolute Gasteiger partial charge is 0.289 e. The topological polar surface area (TPSA) is 62.6 Å². The van der Waals surface area contributed by atoms with E-state index in [1.54, 1.807) is 17.0 Å². The van der Waals surface area contributed by atoms with E-state index in [4.69, 9.17) is 4.42 Å². The number of unbranched alkanes of at least 4 members (excludes halogenated alkanes) is 3. The lowest BCUT2D eigenvalue weighted by Gasteiger charge is -2.31. The summed E-state index contributed by atoms with van der Waals surface area (Å²) in [4.78, 5) is 26.4. The van der Waals surface area contributed by atoms with Gasteiger partial charge in [0.1, 0.15) is 0 Å². The maximum atomic E-state index is 12.4. The molecule has 0 saturated carbocycles. The number of furan rings is 1. The zero-order chi connectivity index (χ0) is 17.4. The molecule has 1 aliphatic rings. The first kappa shape index (κ1) is 18.6. The molecule has 2 amide bonds. The van der Waals surface area contributed by atoms with Gasteiger partial charge in [-0.1, -0.05) is 32.6 Å². The predicted octanol–water partition coefficient (Wildman–Crippen LogP) is 3.61. The fourth-order valence-electron chi connectivity index (χ4n) is 3.21. The normalized spacial score (nSPS) is 16.8. The van der Waals surface area contributed by atoms with E-state index in [0.717, 1.165) is 19.3 Å². The van der Waals surface area contributed by atoms with Crippen LogP contribution in [0.1, 0.15) is 69.3 Å². The van der Waals surface area contributed by atoms with Crippen LogP contribution in [0.25, 0.3) is 0 Å². The van der Waals surface area contributed by atoms with E-state index in [0.29, 0.717) is 18.8 Å². The molecule has 1 fully saturated rings. The van der Waals surface area contributed by atoms with Gasteiger partial charge in [-0.05, 0) is 38.3 Å². The Balaban J connectivity index is 1.69. The van der Waals surface area contributed by atoms with E-state index in [-0.39, 0.29) is 23.8 Å². The van der Waals surface area contributed by atoms with E-state index >= 15 is 0 Å². The van der Waals surface area contributed by atoms with Crippen LogP contribution in [0.4, 0.5) is 0 Å². The minimum atomic E-state index is -0.0804. The highest BCUT2D eigenvalue weighted by atomic mass is 16.3. The van der Waals surface area contributed by atoms with E-state index in [1.165, 1.54) is 31.9 Å². The highest BCUT2D eigenvalue weighted by molar-refractivity contribution is 5.91. The molecule has 134 valence electrons. The molecule has 1 aromatic heterocycles. The number of amides is 2. The predicted molar refractivity (Wildman–Crippen MR) is 93.7 cm³/mol. The summed E-state index contributed by atoms with van der Waals surface area (Å²) in [5.74, 6) is 0.452. The van der Waals surface area contributed by atoms with Gasteiger partial charge >= 0.3 is 0 Å². The van der Waals surface area contributed by atoms with Crippen LogP contribution in [0.5, 0.6) is 0 Å². The van der Waals surface area contributed by atoms with Crippen LogP contribution in [0.2, 0.25) is 0 Å². The molecule has 0 bridgehead atoms. The van der Waals surface area contributed by atoms with E-state index in [1.807, 2.05) is 0 Å². The van der Waals surface area contributed by atoms with Crippen molar-refractivity contribution >= 4 is 11.8 Å². The molecule has 0 spiro atoms. The minimum Gasteiger partial charge on any atom is -0.459 e. The molecule has 1 atom stereocenters. The largest absolute Gasteiger partial charge is 0.459 e. The molecule has 1 aromatic rings. The van der Waals surface area contributed by atoms with Gasteiger partial charge in [0.05, 0.1) is 6.26 Å². The fourth-order valence-corrected chi connectivity index (χ4v) is 3.21. The summed E-state index contributed by atoms with van der Waals surface area (Å²) in [5, 5.41) is 3.14. The van der Waals surface area contributed by atoms with Crippen molar-refractivity contribution in [1.29, 1.82) is 0 Å². The summed E-state index contributed by atoms with van der Waals surface area (Å²) in [7, 11) is 0. The second kappa shape index (κ2) is 9.50. The first-order chi connectivity index (χ1) is 11.6. The lowest BCUT2D eigenvalue weighted by atomic mass is 9.95. The third-order valence-electron chi connectivity index (χ3n) is 4.76.